The van der Waals surface area contributed by atoms with Gasteiger partial charge in [-0.3, -0.25) is 13.9 Å². The molecule has 0 aliphatic carbocycles. The maximum Gasteiger partial charge on any atom is 0.244 e. The van der Waals surface area contributed by atoms with Crippen LogP contribution in [0, 0.1) is 0 Å². The van der Waals surface area contributed by atoms with Crippen LogP contribution in [0.15, 0.2) is 59.1 Å². The summed E-state index contributed by atoms with van der Waals surface area (Å²) in [5, 5.41) is 2.90. The van der Waals surface area contributed by atoms with Crippen molar-refractivity contribution in [2.24, 2.45) is 0 Å². The quantitative estimate of drug-likeness (QED) is 0.529. The van der Waals surface area contributed by atoms with Gasteiger partial charge in [-0.25, -0.2) is 8.42 Å². The van der Waals surface area contributed by atoms with Crippen LogP contribution in [0.1, 0.15) is 33.3 Å². The number of benzene rings is 2. The Bertz CT molecular complexity index is 1050. The van der Waals surface area contributed by atoms with Gasteiger partial charge in [0, 0.05) is 16.6 Å². The van der Waals surface area contributed by atoms with Gasteiger partial charge in [0.1, 0.15) is 12.6 Å². The van der Waals surface area contributed by atoms with Gasteiger partial charge in [0.25, 0.3) is 0 Å². The first-order chi connectivity index (χ1) is 15.3. The number of carbonyl (C=O) groups excluding carboxylic acids is 2. The molecular weight excluding hydrogens is 506 g/mol. The number of nitrogens with zero attached hydrogens (tertiary/aromatic N) is 2. The van der Waals surface area contributed by atoms with Crippen molar-refractivity contribution in [2.45, 2.75) is 45.7 Å². The van der Waals surface area contributed by atoms with Crippen LogP contribution < -0.4 is 9.62 Å². The molecule has 0 unspecified atom stereocenters. The molecule has 0 saturated carbocycles. The summed E-state index contributed by atoms with van der Waals surface area (Å²) in [6, 6.07) is 15.5. The van der Waals surface area contributed by atoms with Gasteiger partial charge >= 0.3 is 0 Å². The van der Waals surface area contributed by atoms with Crippen LogP contribution in [0.3, 0.4) is 0 Å². The highest BCUT2D eigenvalue weighted by Gasteiger charge is 2.31. The van der Waals surface area contributed by atoms with Crippen molar-refractivity contribution in [3.05, 3.63) is 64.6 Å². The Hall–Kier alpha value is -2.39. The summed E-state index contributed by atoms with van der Waals surface area (Å²) >= 11 is 3.33. The Kier molecular flexibility index (Phi) is 9.08. The van der Waals surface area contributed by atoms with Crippen LogP contribution in [-0.2, 0) is 26.0 Å². The molecule has 0 saturated heterocycles. The molecule has 33 heavy (non-hydrogen) atoms. The van der Waals surface area contributed by atoms with Crippen LogP contribution in [-0.4, -0.2) is 56.1 Å². The van der Waals surface area contributed by atoms with Gasteiger partial charge in [-0.15, -0.1) is 0 Å². The second kappa shape index (κ2) is 11.2. The zero-order valence-corrected chi connectivity index (χ0v) is 22.1. The maximum atomic E-state index is 13.4. The number of rotatable bonds is 9. The van der Waals surface area contributed by atoms with Crippen molar-refractivity contribution in [2.75, 3.05) is 23.7 Å². The molecular formula is C24H32BrN3O4S. The minimum absolute atomic E-state index is 0.277. The minimum atomic E-state index is -3.73. The standard InChI is InChI=1S/C24H32BrN3O4S/c1-18(23(30)26-24(2,3)4)27(16-15-19-9-7-6-8-10-19)22(29)17-28(33(5,31)32)21-13-11-20(25)12-14-21/h6-14,18H,15-17H2,1-5H3,(H,26,30)/t18-/m1/s1. The third-order valence-corrected chi connectivity index (χ3v) is 6.61. The Balaban J connectivity index is 2.31. The molecule has 0 bridgehead atoms. The van der Waals surface area contributed by atoms with Gasteiger partial charge in [0.2, 0.25) is 21.8 Å². The predicted octanol–water partition coefficient (Wildman–Crippen LogP) is 3.59. The average molecular weight is 539 g/mol. The first kappa shape index (κ1) is 26.9. The lowest BCUT2D eigenvalue weighted by Crippen LogP contribution is -2.55. The molecule has 9 heteroatoms. The Morgan fingerprint density at radius 1 is 1.03 bits per heavy atom. The summed E-state index contributed by atoms with van der Waals surface area (Å²) < 4.78 is 26.9. The number of anilines is 1. The van der Waals surface area contributed by atoms with Gasteiger partial charge in [-0.1, -0.05) is 46.3 Å². The van der Waals surface area contributed by atoms with Crippen LogP contribution >= 0.6 is 15.9 Å². The van der Waals surface area contributed by atoms with Gasteiger partial charge in [0.15, 0.2) is 0 Å². The lowest BCUT2D eigenvalue weighted by molar-refractivity contribution is -0.139. The fraction of sp³-hybridized carbons (Fsp3) is 0.417. The highest BCUT2D eigenvalue weighted by molar-refractivity contribution is 9.10. The van der Waals surface area contributed by atoms with Gasteiger partial charge in [0.05, 0.1) is 11.9 Å². The summed E-state index contributed by atoms with van der Waals surface area (Å²) in [5.74, 6) is -0.741. The summed E-state index contributed by atoms with van der Waals surface area (Å²) in [6.07, 6.45) is 1.60. The first-order valence-corrected chi connectivity index (χ1v) is 13.3. The molecule has 0 aromatic heterocycles. The van der Waals surface area contributed by atoms with Crippen LogP contribution in [0.25, 0.3) is 0 Å². The lowest BCUT2D eigenvalue weighted by atomic mass is 10.1. The largest absolute Gasteiger partial charge is 0.350 e. The van der Waals surface area contributed by atoms with Crippen molar-refractivity contribution >= 4 is 43.5 Å². The molecule has 0 aliphatic heterocycles. The van der Waals surface area contributed by atoms with E-state index in [2.05, 4.69) is 21.2 Å². The number of sulfonamides is 1. The summed E-state index contributed by atoms with van der Waals surface area (Å²) in [4.78, 5) is 27.7. The lowest BCUT2D eigenvalue weighted by Gasteiger charge is -2.33. The van der Waals surface area contributed by atoms with Crippen molar-refractivity contribution in [1.29, 1.82) is 0 Å². The summed E-state index contributed by atoms with van der Waals surface area (Å²) in [7, 11) is -3.73. The molecule has 2 amide bonds. The van der Waals surface area contributed by atoms with Crippen LogP contribution in [0.4, 0.5) is 5.69 Å². The van der Waals surface area contributed by atoms with Crippen molar-refractivity contribution in [3.63, 3.8) is 0 Å². The van der Waals surface area contributed by atoms with E-state index < -0.39 is 34.1 Å². The smallest absolute Gasteiger partial charge is 0.244 e. The molecule has 0 radical (unpaired) electrons. The highest BCUT2D eigenvalue weighted by Crippen LogP contribution is 2.21. The van der Waals surface area contributed by atoms with Crippen LogP contribution in [0.2, 0.25) is 0 Å². The number of hydrogen-bond donors (Lipinski definition) is 1. The van der Waals surface area contributed by atoms with E-state index in [1.807, 2.05) is 51.1 Å². The Labute approximate surface area is 205 Å². The zero-order chi connectivity index (χ0) is 24.8. The van der Waals surface area contributed by atoms with E-state index in [9.17, 15) is 18.0 Å². The Morgan fingerprint density at radius 2 is 1.61 bits per heavy atom. The first-order valence-electron chi connectivity index (χ1n) is 10.7. The monoisotopic (exact) mass is 537 g/mol. The second-order valence-corrected chi connectivity index (χ2v) is 11.8. The zero-order valence-electron chi connectivity index (χ0n) is 19.7. The number of amides is 2. The van der Waals surface area contributed by atoms with Gasteiger partial charge < -0.3 is 10.2 Å². The maximum absolute atomic E-state index is 13.4. The number of hydrogen-bond acceptors (Lipinski definition) is 4. The fourth-order valence-corrected chi connectivity index (χ4v) is 4.38. The fourth-order valence-electron chi connectivity index (χ4n) is 3.27. The second-order valence-electron chi connectivity index (χ2n) is 8.98. The van der Waals surface area contributed by atoms with E-state index in [1.54, 1.807) is 31.2 Å². The molecule has 2 aromatic carbocycles. The average Bonchev–Trinajstić information content (AvgIpc) is 2.71. The number of nitrogens with one attached hydrogen (secondary N) is 1. The molecule has 1 N–H and O–H groups in total. The van der Waals surface area contributed by atoms with E-state index >= 15 is 0 Å². The van der Waals surface area contributed by atoms with Crippen molar-refractivity contribution in [3.8, 4) is 0 Å². The molecule has 7 nitrogen and oxygen atoms in total. The molecule has 0 fully saturated rings. The third kappa shape index (κ3) is 8.47. The molecule has 1 atom stereocenters. The predicted molar refractivity (Wildman–Crippen MR) is 136 cm³/mol. The van der Waals surface area contributed by atoms with Gasteiger partial charge in [-0.2, -0.15) is 0 Å². The number of halogens is 1. The minimum Gasteiger partial charge on any atom is -0.350 e. The molecule has 0 spiro atoms. The van der Waals surface area contributed by atoms with E-state index in [-0.39, 0.29) is 12.5 Å². The normalized spacial score (nSPS) is 12.7. The third-order valence-electron chi connectivity index (χ3n) is 4.94. The van der Waals surface area contributed by atoms with E-state index in [0.717, 1.165) is 20.6 Å². The van der Waals surface area contributed by atoms with E-state index in [4.69, 9.17) is 0 Å². The van der Waals surface area contributed by atoms with Crippen molar-refractivity contribution in [1.82, 2.24) is 10.2 Å². The SMILES string of the molecule is C[C@H](C(=O)NC(C)(C)C)N(CCc1ccccc1)C(=O)CN(c1ccc(Br)cc1)S(C)(=O)=O. The van der Waals surface area contributed by atoms with E-state index in [0.29, 0.717) is 12.1 Å². The molecule has 180 valence electrons. The summed E-state index contributed by atoms with van der Waals surface area (Å²) in [6.45, 7) is 7.14. The van der Waals surface area contributed by atoms with Crippen LogP contribution in [0.5, 0.6) is 0 Å². The molecule has 2 aromatic rings. The summed E-state index contributed by atoms with van der Waals surface area (Å²) in [5.41, 5.74) is 0.936. The molecule has 0 aliphatic rings. The molecule has 2 rings (SSSR count). The Morgan fingerprint density at radius 3 is 2.12 bits per heavy atom. The highest BCUT2D eigenvalue weighted by atomic mass is 79.9. The topological polar surface area (TPSA) is 86.8 Å². The number of carbonyl (C=O) groups is 2. The van der Waals surface area contributed by atoms with Crippen molar-refractivity contribution < 1.29 is 18.0 Å². The van der Waals surface area contributed by atoms with Gasteiger partial charge in [-0.05, 0) is 63.9 Å². The van der Waals surface area contributed by atoms with E-state index in [1.165, 1.54) is 4.90 Å². The molecule has 0 heterocycles.